The molecule has 0 atom stereocenters. The molecule has 118 valence electrons. The first-order valence-corrected chi connectivity index (χ1v) is 8.68. The molecule has 0 spiro atoms. The van der Waals surface area contributed by atoms with Crippen molar-refractivity contribution in [2.75, 3.05) is 5.32 Å². The van der Waals surface area contributed by atoms with E-state index in [-0.39, 0.29) is 5.91 Å². The smallest absolute Gasteiger partial charge is 0.255 e. The summed E-state index contributed by atoms with van der Waals surface area (Å²) in [6.07, 6.45) is 0.699. The van der Waals surface area contributed by atoms with Gasteiger partial charge in [-0.2, -0.15) is 4.98 Å². The summed E-state index contributed by atoms with van der Waals surface area (Å²) in [5, 5.41) is 6.89. The van der Waals surface area contributed by atoms with Gasteiger partial charge in [-0.05, 0) is 37.3 Å². The second kappa shape index (κ2) is 6.64. The Bertz CT molecular complexity index is 839. The third kappa shape index (κ3) is 3.51. The van der Waals surface area contributed by atoms with Gasteiger partial charge in [-0.3, -0.25) is 4.79 Å². The van der Waals surface area contributed by atoms with Gasteiger partial charge in [-0.1, -0.05) is 28.0 Å². The molecule has 23 heavy (non-hydrogen) atoms. The number of aryl methyl sites for hydroxylation is 2. The highest BCUT2D eigenvalue weighted by atomic mass is 79.9. The summed E-state index contributed by atoms with van der Waals surface area (Å²) >= 11 is 4.88. The summed E-state index contributed by atoms with van der Waals surface area (Å²) < 4.78 is 6.07. The topological polar surface area (TPSA) is 68.0 Å². The van der Waals surface area contributed by atoms with Crippen LogP contribution in [0.5, 0.6) is 0 Å². The van der Waals surface area contributed by atoms with Gasteiger partial charge in [0.25, 0.3) is 5.91 Å². The zero-order valence-electron chi connectivity index (χ0n) is 12.6. The van der Waals surface area contributed by atoms with Gasteiger partial charge < -0.3 is 9.84 Å². The predicted molar refractivity (Wildman–Crippen MR) is 93.8 cm³/mol. The summed E-state index contributed by atoms with van der Waals surface area (Å²) in [4.78, 5) is 18.5. The van der Waals surface area contributed by atoms with Crippen LogP contribution in [0.2, 0.25) is 0 Å². The molecular weight excluding hydrogens is 378 g/mol. The van der Waals surface area contributed by atoms with Crippen LogP contribution in [0.3, 0.4) is 0 Å². The van der Waals surface area contributed by atoms with E-state index < -0.39 is 0 Å². The normalized spacial score (nSPS) is 10.7. The maximum atomic E-state index is 12.3. The summed E-state index contributed by atoms with van der Waals surface area (Å²) in [6, 6.07) is 9.10. The Balaban J connectivity index is 1.81. The number of benzene rings is 1. The molecule has 0 fully saturated rings. The average Bonchev–Trinajstić information content (AvgIpc) is 3.15. The van der Waals surface area contributed by atoms with Crippen molar-refractivity contribution in [2.45, 2.75) is 20.3 Å². The van der Waals surface area contributed by atoms with Gasteiger partial charge >= 0.3 is 0 Å². The summed E-state index contributed by atoms with van der Waals surface area (Å²) in [5.41, 5.74) is 1.37. The number of hydrogen-bond donors (Lipinski definition) is 1. The zero-order valence-corrected chi connectivity index (χ0v) is 15.0. The number of nitrogens with zero attached hydrogens (tertiary/aromatic N) is 2. The first-order chi connectivity index (χ1) is 11.1. The van der Waals surface area contributed by atoms with E-state index in [4.69, 9.17) is 4.52 Å². The Kier molecular flexibility index (Phi) is 4.58. The maximum Gasteiger partial charge on any atom is 0.255 e. The van der Waals surface area contributed by atoms with Crippen molar-refractivity contribution >= 4 is 38.9 Å². The van der Waals surface area contributed by atoms with Crippen LogP contribution < -0.4 is 5.32 Å². The monoisotopic (exact) mass is 391 g/mol. The molecule has 0 bridgehead atoms. The van der Waals surface area contributed by atoms with Crippen LogP contribution in [0.4, 0.5) is 5.69 Å². The van der Waals surface area contributed by atoms with E-state index >= 15 is 0 Å². The molecule has 0 aliphatic carbocycles. The second-order valence-electron chi connectivity index (χ2n) is 4.91. The minimum Gasteiger partial charge on any atom is -0.339 e. The van der Waals surface area contributed by atoms with Crippen molar-refractivity contribution in [3.8, 4) is 10.7 Å². The number of carbonyl (C=O) groups is 1. The lowest BCUT2D eigenvalue weighted by molar-refractivity contribution is 0.102. The van der Waals surface area contributed by atoms with Crippen LogP contribution >= 0.6 is 27.3 Å². The van der Waals surface area contributed by atoms with Crippen molar-refractivity contribution in [2.24, 2.45) is 0 Å². The fourth-order valence-corrected chi connectivity index (χ4v) is 3.18. The van der Waals surface area contributed by atoms with Crippen molar-refractivity contribution in [3.05, 3.63) is 51.1 Å². The maximum absolute atomic E-state index is 12.3. The lowest BCUT2D eigenvalue weighted by Crippen LogP contribution is -2.11. The van der Waals surface area contributed by atoms with Crippen LogP contribution in [0.1, 0.15) is 28.0 Å². The van der Waals surface area contributed by atoms with Gasteiger partial charge in [0.2, 0.25) is 11.7 Å². The number of thiophene rings is 1. The van der Waals surface area contributed by atoms with Crippen molar-refractivity contribution < 1.29 is 9.32 Å². The van der Waals surface area contributed by atoms with E-state index in [0.717, 1.165) is 19.9 Å². The van der Waals surface area contributed by atoms with Gasteiger partial charge in [0.1, 0.15) is 0 Å². The van der Waals surface area contributed by atoms with Crippen LogP contribution in [0.15, 0.2) is 39.3 Å². The second-order valence-corrected chi connectivity index (χ2v) is 7.08. The van der Waals surface area contributed by atoms with Gasteiger partial charge in [0.15, 0.2) is 0 Å². The van der Waals surface area contributed by atoms with E-state index in [9.17, 15) is 4.79 Å². The number of amides is 1. The van der Waals surface area contributed by atoms with E-state index in [2.05, 4.69) is 31.4 Å². The molecule has 1 aromatic carbocycles. The highest BCUT2D eigenvalue weighted by molar-refractivity contribution is 9.10. The lowest BCUT2D eigenvalue weighted by atomic mass is 10.2. The number of rotatable bonds is 4. The third-order valence-corrected chi connectivity index (χ3v) is 4.84. The highest BCUT2D eigenvalue weighted by Crippen LogP contribution is 2.33. The number of halogens is 1. The fraction of sp³-hybridized carbons (Fsp3) is 0.188. The van der Waals surface area contributed by atoms with E-state index in [1.54, 1.807) is 12.1 Å². The van der Waals surface area contributed by atoms with E-state index in [1.165, 1.54) is 11.3 Å². The van der Waals surface area contributed by atoms with Crippen LogP contribution in [-0.2, 0) is 6.42 Å². The van der Waals surface area contributed by atoms with Gasteiger partial charge in [-0.15, -0.1) is 11.3 Å². The molecule has 0 aliphatic heterocycles. The number of carbonyl (C=O) groups excluding carboxylic acids is 1. The van der Waals surface area contributed by atoms with Crippen LogP contribution in [0, 0.1) is 6.92 Å². The van der Waals surface area contributed by atoms with Gasteiger partial charge in [0.05, 0.1) is 10.6 Å². The van der Waals surface area contributed by atoms with E-state index in [1.807, 2.05) is 32.0 Å². The standard InChI is InChI=1S/C16H14BrN3O2S/c1-3-14-19-15(20-22-14)13-8-12(9(2)23-13)18-16(21)10-4-6-11(17)7-5-10/h4-8H,3H2,1-2H3,(H,18,21). The molecule has 0 radical (unpaired) electrons. The highest BCUT2D eigenvalue weighted by Gasteiger charge is 2.15. The van der Waals surface area contributed by atoms with Crippen molar-refractivity contribution in [3.63, 3.8) is 0 Å². The quantitative estimate of drug-likeness (QED) is 0.700. The molecule has 0 aliphatic rings. The largest absolute Gasteiger partial charge is 0.339 e. The molecule has 3 rings (SSSR count). The minimum absolute atomic E-state index is 0.146. The Morgan fingerprint density at radius 1 is 1.35 bits per heavy atom. The number of hydrogen-bond acceptors (Lipinski definition) is 5. The number of anilines is 1. The van der Waals surface area contributed by atoms with Gasteiger partial charge in [-0.25, -0.2) is 0 Å². The summed E-state index contributed by atoms with van der Waals surface area (Å²) in [7, 11) is 0. The van der Waals surface area contributed by atoms with Crippen molar-refractivity contribution in [1.29, 1.82) is 0 Å². The fourth-order valence-electron chi connectivity index (χ4n) is 2.01. The molecule has 3 aromatic rings. The Hall–Kier alpha value is -1.99. The van der Waals surface area contributed by atoms with Crippen LogP contribution in [-0.4, -0.2) is 16.0 Å². The molecule has 1 amide bonds. The summed E-state index contributed by atoms with van der Waals surface area (Å²) in [5.74, 6) is 1.01. The zero-order chi connectivity index (χ0) is 16.4. The number of aromatic nitrogens is 2. The minimum atomic E-state index is -0.146. The molecule has 0 saturated heterocycles. The molecule has 2 heterocycles. The van der Waals surface area contributed by atoms with Crippen molar-refractivity contribution in [1.82, 2.24) is 10.1 Å². The molecule has 0 unspecified atom stereocenters. The van der Waals surface area contributed by atoms with E-state index in [0.29, 0.717) is 23.7 Å². The molecule has 2 aromatic heterocycles. The molecule has 0 saturated carbocycles. The third-order valence-electron chi connectivity index (χ3n) is 3.26. The molecule has 7 heteroatoms. The first-order valence-electron chi connectivity index (χ1n) is 7.07. The summed E-state index contributed by atoms with van der Waals surface area (Å²) in [6.45, 7) is 3.91. The average molecular weight is 392 g/mol. The molecule has 5 nitrogen and oxygen atoms in total. The van der Waals surface area contributed by atoms with Crippen LogP contribution in [0.25, 0.3) is 10.7 Å². The Labute approximate surface area is 145 Å². The Morgan fingerprint density at radius 3 is 2.74 bits per heavy atom. The predicted octanol–water partition coefficient (Wildman–Crippen LogP) is 4.68. The lowest BCUT2D eigenvalue weighted by Gasteiger charge is -2.04. The SMILES string of the molecule is CCc1nc(-c2cc(NC(=O)c3ccc(Br)cc3)c(C)s2)no1. The molecule has 1 N–H and O–H groups in total. The Morgan fingerprint density at radius 2 is 2.09 bits per heavy atom. The molecular formula is C16H14BrN3O2S. The number of nitrogens with one attached hydrogen (secondary N) is 1. The van der Waals surface area contributed by atoms with Gasteiger partial charge in [0, 0.05) is 21.3 Å². The first kappa shape index (κ1) is 15.9.